The smallest absolute Gasteiger partial charge is 0.236 e. The molecule has 1 saturated carbocycles. The first-order valence-electron chi connectivity index (χ1n) is 10.8. The normalized spacial score (nSPS) is 13.3. The van der Waals surface area contributed by atoms with Crippen LogP contribution >= 0.6 is 11.8 Å². The van der Waals surface area contributed by atoms with Crippen LogP contribution in [0.25, 0.3) is 17.1 Å². The molecule has 1 aliphatic carbocycles. The lowest BCUT2D eigenvalue weighted by Crippen LogP contribution is -2.19. The van der Waals surface area contributed by atoms with Crippen LogP contribution in [0.5, 0.6) is 0 Å². The number of anilines is 1. The van der Waals surface area contributed by atoms with E-state index in [2.05, 4.69) is 20.6 Å². The van der Waals surface area contributed by atoms with Crippen LogP contribution in [0.3, 0.4) is 0 Å². The molecule has 0 aliphatic heterocycles. The predicted octanol–water partition coefficient (Wildman–Crippen LogP) is 4.72. The Bertz CT molecular complexity index is 1280. The second kappa shape index (κ2) is 9.19. The van der Waals surface area contributed by atoms with E-state index in [1.165, 1.54) is 30.7 Å². The van der Waals surface area contributed by atoms with Crippen molar-refractivity contribution in [2.24, 2.45) is 5.92 Å². The number of rotatable bonds is 8. The molecule has 5 rings (SSSR count). The summed E-state index contributed by atoms with van der Waals surface area (Å²) in [5, 5.41) is 16.4. The molecule has 1 N–H and O–H groups in total. The van der Waals surface area contributed by atoms with Crippen molar-refractivity contribution >= 4 is 23.5 Å². The van der Waals surface area contributed by atoms with Crippen molar-refractivity contribution in [3.63, 3.8) is 0 Å². The van der Waals surface area contributed by atoms with Crippen LogP contribution in [-0.4, -0.2) is 36.2 Å². The number of aryl methyl sites for hydroxylation is 1. The third kappa shape index (κ3) is 4.68. The molecule has 2 aromatic heterocycles. The summed E-state index contributed by atoms with van der Waals surface area (Å²) in [4.78, 5) is 12.8. The third-order valence-corrected chi connectivity index (χ3v) is 6.43. The Morgan fingerprint density at radius 1 is 1.12 bits per heavy atom. The lowest BCUT2D eigenvalue weighted by Gasteiger charge is -2.12. The molecule has 0 radical (unpaired) electrons. The maximum atomic E-state index is 14.5. The van der Waals surface area contributed by atoms with Crippen molar-refractivity contribution < 1.29 is 9.18 Å². The molecular formula is C24H23FN6OS. The molecule has 2 heterocycles. The number of thioether (sulfide) groups is 1. The summed E-state index contributed by atoms with van der Waals surface area (Å²) in [5.74, 6) is 1.38. The Balaban J connectivity index is 1.37. The maximum Gasteiger partial charge on any atom is 0.236 e. The number of halogens is 1. The Labute approximate surface area is 195 Å². The zero-order chi connectivity index (χ0) is 22.8. The van der Waals surface area contributed by atoms with Crippen LogP contribution in [0.1, 0.15) is 18.4 Å². The minimum atomic E-state index is -0.379. The van der Waals surface area contributed by atoms with Gasteiger partial charge in [0.15, 0.2) is 11.0 Å². The summed E-state index contributed by atoms with van der Waals surface area (Å²) in [6.45, 7) is 2.76. The molecule has 0 saturated heterocycles. The summed E-state index contributed by atoms with van der Waals surface area (Å²) in [7, 11) is 0. The van der Waals surface area contributed by atoms with Crippen LogP contribution in [0.15, 0.2) is 66.0 Å². The lowest BCUT2D eigenvalue weighted by molar-refractivity contribution is -0.113. The van der Waals surface area contributed by atoms with Crippen LogP contribution in [0.4, 0.5) is 10.2 Å². The van der Waals surface area contributed by atoms with E-state index in [0.717, 1.165) is 23.6 Å². The highest BCUT2D eigenvalue weighted by Crippen LogP contribution is 2.32. The standard InChI is InChI=1S/C24H23FN6OS/c1-16-13-26-30(14-17-11-12-17)22(16)27-21(32)15-33-24-29-28-23(19-9-5-6-10-20(19)25)31(24)18-7-3-2-4-8-18/h2-10,13,17H,11-12,14-15H2,1H3,(H,27,32). The van der Waals surface area contributed by atoms with E-state index < -0.39 is 0 Å². The number of nitrogens with one attached hydrogen (secondary N) is 1. The number of benzene rings is 2. The monoisotopic (exact) mass is 462 g/mol. The molecule has 0 spiro atoms. The molecule has 0 atom stereocenters. The first-order valence-corrected chi connectivity index (χ1v) is 11.8. The summed E-state index contributed by atoms with van der Waals surface area (Å²) in [6, 6.07) is 16.0. The average Bonchev–Trinajstić information content (AvgIpc) is 3.45. The number of nitrogens with zero attached hydrogens (tertiary/aromatic N) is 5. The number of aromatic nitrogens is 5. The largest absolute Gasteiger partial charge is 0.310 e. The highest BCUT2D eigenvalue weighted by atomic mass is 32.2. The van der Waals surface area contributed by atoms with Gasteiger partial charge < -0.3 is 5.32 Å². The fourth-order valence-electron chi connectivity index (χ4n) is 3.61. The van der Waals surface area contributed by atoms with Crippen molar-refractivity contribution in [2.45, 2.75) is 31.5 Å². The van der Waals surface area contributed by atoms with Crippen molar-refractivity contribution in [3.05, 3.63) is 72.2 Å². The van der Waals surface area contributed by atoms with Crippen LogP contribution < -0.4 is 5.32 Å². The van der Waals surface area contributed by atoms with Gasteiger partial charge in [0.05, 0.1) is 17.5 Å². The SMILES string of the molecule is Cc1cnn(CC2CC2)c1NC(=O)CSc1nnc(-c2ccccc2F)n1-c1ccccc1. The van der Waals surface area contributed by atoms with Gasteiger partial charge in [-0.05, 0) is 49.9 Å². The van der Waals surface area contributed by atoms with E-state index in [0.29, 0.717) is 22.5 Å². The number of amides is 1. The molecule has 1 aliphatic rings. The fourth-order valence-corrected chi connectivity index (χ4v) is 4.37. The molecule has 1 amide bonds. The van der Waals surface area contributed by atoms with E-state index in [1.54, 1.807) is 29.0 Å². The Hall–Kier alpha value is -3.46. The molecular weight excluding hydrogens is 439 g/mol. The van der Waals surface area contributed by atoms with Gasteiger partial charge in [0.1, 0.15) is 11.6 Å². The van der Waals surface area contributed by atoms with Crippen LogP contribution in [-0.2, 0) is 11.3 Å². The van der Waals surface area contributed by atoms with Gasteiger partial charge in [-0.2, -0.15) is 5.10 Å². The highest BCUT2D eigenvalue weighted by molar-refractivity contribution is 7.99. The number of hydrogen-bond acceptors (Lipinski definition) is 5. The molecule has 0 unspecified atom stereocenters. The number of para-hydroxylation sites is 1. The quantitative estimate of drug-likeness (QED) is 0.384. The van der Waals surface area contributed by atoms with Gasteiger partial charge in [-0.15, -0.1) is 10.2 Å². The molecule has 33 heavy (non-hydrogen) atoms. The molecule has 2 aromatic carbocycles. The van der Waals surface area contributed by atoms with Crippen molar-refractivity contribution in [1.29, 1.82) is 0 Å². The molecule has 1 fully saturated rings. The minimum Gasteiger partial charge on any atom is -0.310 e. The highest BCUT2D eigenvalue weighted by Gasteiger charge is 2.24. The van der Waals surface area contributed by atoms with Gasteiger partial charge in [-0.1, -0.05) is 42.1 Å². The maximum absolute atomic E-state index is 14.5. The number of hydrogen-bond donors (Lipinski definition) is 1. The van der Waals surface area contributed by atoms with Gasteiger partial charge in [-0.3, -0.25) is 9.36 Å². The van der Waals surface area contributed by atoms with Gasteiger partial charge in [-0.25, -0.2) is 9.07 Å². The molecule has 4 aromatic rings. The summed E-state index contributed by atoms with van der Waals surface area (Å²) >= 11 is 1.26. The second-order valence-electron chi connectivity index (χ2n) is 8.10. The molecule has 168 valence electrons. The zero-order valence-electron chi connectivity index (χ0n) is 18.1. The fraction of sp³-hybridized carbons (Fsp3) is 0.250. The van der Waals surface area contributed by atoms with Crippen LogP contribution in [0.2, 0.25) is 0 Å². The van der Waals surface area contributed by atoms with Crippen molar-refractivity contribution in [3.8, 4) is 17.1 Å². The van der Waals surface area contributed by atoms with Crippen molar-refractivity contribution in [1.82, 2.24) is 24.5 Å². The number of carbonyl (C=O) groups is 1. The minimum absolute atomic E-state index is 0.135. The lowest BCUT2D eigenvalue weighted by atomic mass is 10.2. The molecule has 9 heteroatoms. The summed E-state index contributed by atoms with van der Waals surface area (Å²) in [6.07, 6.45) is 4.20. The first kappa shape index (κ1) is 21.4. The van der Waals surface area contributed by atoms with E-state index in [1.807, 2.05) is 41.9 Å². The van der Waals surface area contributed by atoms with Gasteiger partial charge in [0, 0.05) is 17.8 Å². The van der Waals surface area contributed by atoms with Gasteiger partial charge in [0.2, 0.25) is 5.91 Å². The summed E-state index contributed by atoms with van der Waals surface area (Å²) in [5.41, 5.74) is 2.08. The Morgan fingerprint density at radius 3 is 2.64 bits per heavy atom. The van der Waals surface area contributed by atoms with E-state index >= 15 is 0 Å². The first-order chi connectivity index (χ1) is 16.1. The Kier molecular flexibility index (Phi) is 5.95. The topological polar surface area (TPSA) is 77.6 Å². The second-order valence-corrected chi connectivity index (χ2v) is 9.04. The van der Waals surface area contributed by atoms with E-state index in [-0.39, 0.29) is 17.5 Å². The van der Waals surface area contributed by atoms with Crippen LogP contribution in [0, 0.1) is 18.7 Å². The average molecular weight is 463 g/mol. The zero-order valence-corrected chi connectivity index (χ0v) is 18.9. The number of carbonyl (C=O) groups excluding carboxylic acids is 1. The van der Waals surface area contributed by atoms with Crippen molar-refractivity contribution in [2.75, 3.05) is 11.1 Å². The van der Waals surface area contributed by atoms with E-state index in [4.69, 9.17) is 0 Å². The Morgan fingerprint density at radius 2 is 1.88 bits per heavy atom. The molecule has 0 bridgehead atoms. The van der Waals surface area contributed by atoms with Gasteiger partial charge in [0.25, 0.3) is 0 Å². The predicted molar refractivity (Wildman–Crippen MR) is 126 cm³/mol. The third-order valence-electron chi connectivity index (χ3n) is 5.50. The van der Waals surface area contributed by atoms with Gasteiger partial charge >= 0.3 is 0 Å². The summed E-state index contributed by atoms with van der Waals surface area (Å²) < 4.78 is 18.2. The molecule has 7 nitrogen and oxygen atoms in total. The van der Waals surface area contributed by atoms with E-state index in [9.17, 15) is 9.18 Å².